The standard InChI is InChI=1S/C23H18BrFN2O2/c24-18-4-1-5-20(14-18)26-22(28)17-8-11-21-16(13-17)3-2-12-27(21)23(29)15-6-9-19(25)10-7-15/h1,4-11,13-14H,2-3,12H2,(H,26,28). The number of nitrogens with one attached hydrogen (secondary N) is 1. The molecule has 1 aliphatic rings. The Labute approximate surface area is 176 Å². The maximum atomic E-state index is 13.2. The van der Waals surface area contributed by atoms with Crippen LogP contribution in [0, 0.1) is 5.82 Å². The van der Waals surface area contributed by atoms with Crippen molar-refractivity contribution in [3.63, 3.8) is 0 Å². The summed E-state index contributed by atoms with van der Waals surface area (Å²) in [5, 5.41) is 2.89. The van der Waals surface area contributed by atoms with Gasteiger partial charge in [0, 0.05) is 33.5 Å². The largest absolute Gasteiger partial charge is 0.322 e. The van der Waals surface area contributed by atoms with Gasteiger partial charge in [-0.1, -0.05) is 22.0 Å². The molecule has 1 aliphatic heterocycles. The van der Waals surface area contributed by atoms with Gasteiger partial charge >= 0.3 is 0 Å². The maximum Gasteiger partial charge on any atom is 0.258 e. The van der Waals surface area contributed by atoms with Crippen molar-refractivity contribution in [2.75, 3.05) is 16.8 Å². The van der Waals surface area contributed by atoms with Gasteiger partial charge in [0.2, 0.25) is 0 Å². The third-order valence-corrected chi connectivity index (χ3v) is 5.37. The molecule has 1 heterocycles. The normalized spacial score (nSPS) is 13.0. The van der Waals surface area contributed by atoms with E-state index in [1.807, 2.05) is 36.4 Å². The molecule has 0 aromatic heterocycles. The van der Waals surface area contributed by atoms with Crippen molar-refractivity contribution in [3.8, 4) is 0 Å². The zero-order chi connectivity index (χ0) is 20.4. The first-order chi connectivity index (χ1) is 14.0. The van der Waals surface area contributed by atoms with Gasteiger partial charge in [0.05, 0.1) is 0 Å². The van der Waals surface area contributed by atoms with E-state index in [9.17, 15) is 14.0 Å². The number of benzene rings is 3. The first-order valence-electron chi connectivity index (χ1n) is 9.28. The molecule has 4 nitrogen and oxygen atoms in total. The molecule has 0 radical (unpaired) electrons. The number of nitrogens with zero attached hydrogens (tertiary/aromatic N) is 1. The van der Waals surface area contributed by atoms with Gasteiger partial charge in [-0.3, -0.25) is 9.59 Å². The van der Waals surface area contributed by atoms with Crippen molar-refractivity contribution in [1.29, 1.82) is 0 Å². The summed E-state index contributed by atoms with van der Waals surface area (Å²) >= 11 is 3.39. The second-order valence-corrected chi connectivity index (χ2v) is 7.79. The van der Waals surface area contributed by atoms with E-state index >= 15 is 0 Å². The molecule has 3 aromatic rings. The molecule has 0 spiro atoms. The van der Waals surface area contributed by atoms with E-state index in [1.165, 1.54) is 24.3 Å². The molecule has 0 saturated heterocycles. The summed E-state index contributed by atoms with van der Waals surface area (Å²) in [4.78, 5) is 27.2. The van der Waals surface area contributed by atoms with Crippen molar-refractivity contribution in [2.24, 2.45) is 0 Å². The van der Waals surface area contributed by atoms with Gasteiger partial charge in [-0.2, -0.15) is 0 Å². The first kappa shape index (κ1) is 19.3. The molecule has 4 rings (SSSR count). The third kappa shape index (κ3) is 4.22. The van der Waals surface area contributed by atoms with Gasteiger partial charge in [-0.15, -0.1) is 0 Å². The molecule has 3 aromatic carbocycles. The van der Waals surface area contributed by atoms with Crippen LogP contribution in [0.4, 0.5) is 15.8 Å². The van der Waals surface area contributed by atoms with Gasteiger partial charge in [-0.25, -0.2) is 4.39 Å². The highest BCUT2D eigenvalue weighted by Crippen LogP contribution is 2.30. The zero-order valence-electron chi connectivity index (χ0n) is 15.5. The number of fused-ring (bicyclic) bond motifs is 1. The van der Waals surface area contributed by atoms with Gasteiger partial charge in [0.15, 0.2) is 0 Å². The van der Waals surface area contributed by atoms with Crippen LogP contribution in [0.1, 0.15) is 32.7 Å². The SMILES string of the molecule is O=C(Nc1cccc(Br)c1)c1ccc2c(c1)CCCN2C(=O)c1ccc(F)cc1. The van der Waals surface area contributed by atoms with E-state index in [0.29, 0.717) is 23.4 Å². The Morgan fingerprint density at radius 3 is 2.48 bits per heavy atom. The quantitative estimate of drug-likeness (QED) is 0.575. The van der Waals surface area contributed by atoms with Crippen LogP contribution in [-0.4, -0.2) is 18.4 Å². The molecule has 0 bridgehead atoms. The van der Waals surface area contributed by atoms with Gasteiger partial charge in [0.25, 0.3) is 11.8 Å². The number of anilines is 2. The number of rotatable bonds is 3. The summed E-state index contributed by atoms with van der Waals surface area (Å²) in [5.41, 5.74) is 3.43. The second-order valence-electron chi connectivity index (χ2n) is 6.88. The minimum atomic E-state index is -0.373. The molecule has 2 amide bonds. The predicted molar refractivity (Wildman–Crippen MR) is 115 cm³/mol. The molecule has 0 atom stereocenters. The summed E-state index contributed by atoms with van der Waals surface area (Å²) in [6, 6.07) is 18.3. The lowest BCUT2D eigenvalue weighted by molar-refractivity contribution is 0.0984. The van der Waals surface area contributed by atoms with E-state index in [2.05, 4.69) is 21.2 Å². The second kappa shape index (κ2) is 8.17. The Morgan fingerprint density at radius 2 is 1.72 bits per heavy atom. The van der Waals surface area contributed by atoms with Crippen LogP contribution in [0.15, 0.2) is 71.2 Å². The summed E-state index contributed by atoms with van der Waals surface area (Å²) in [7, 11) is 0. The number of halogens is 2. The van der Waals surface area contributed by atoms with Crippen LogP contribution >= 0.6 is 15.9 Å². The average molecular weight is 453 g/mol. The first-order valence-corrected chi connectivity index (χ1v) is 10.1. The van der Waals surface area contributed by atoms with E-state index < -0.39 is 0 Å². The Bertz CT molecular complexity index is 1080. The highest BCUT2D eigenvalue weighted by atomic mass is 79.9. The minimum Gasteiger partial charge on any atom is -0.322 e. The fourth-order valence-electron chi connectivity index (χ4n) is 3.47. The van der Waals surface area contributed by atoms with Crippen molar-refractivity contribution in [2.45, 2.75) is 12.8 Å². The number of hydrogen-bond donors (Lipinski definition) is 1. The van der Waals surface area contributed by atoms with Crippen molar-refractivity contribution in [3.05, 3.63) is 93.7 Å². The molecular formula is C23H18BrFN2O2. The summed E-state index contributed by atoms with van der Waals surface area (Å²) < 4.78 is 14.0. The van der Waals surface area contributed by atoms with Crippen molar-refractivity contribution >= 4 is 39.1 Å². The minimum absolute atomic E-state index is 0.169. The van der Waals surface area contributed by atoms with Crippen LogP contribution in [0.25, 0.3) is 0 Å². The van der Waals surface area contributed by atoms with Crippen molar-refractivity contribution in [1.82, 2.24) is 0 Å². The summed E-state index contributed by atoms with van der Waals surface area (Å²) in [6.45, 7) is 0.590. The molecule has 6 heteroatoms. The maximum absolute atomic E-state index is 13.2. The third-order valence-electron chi connectivity index (χ3n) is 4.88. The van der Waals surface area contributed by atoms with Gasteiger partial charge < -0.3 is 10.2 Å². The lowest BCUT2D eigenvalue weighted by Gasteiger charge is -2.30. The van der Waals surface area contributed by atoms with Crippen molar-refractivity contribution < 1.29 is 14.0 Å². The molecule has 0 unspecified atom stereocenters. The van der Waals surface area contributed by atoms with E-state index in [0.717, 1.165) is 28.6 Å². The topological polar surface area (TPSA) is 49.4 Å². The molecular weight excluding hydrogens is 435 g/mol. The highest BCUT2D eigenvalue weighted by Gasteiger charge is 2.24. The van der Waals surface area contributed by atoms with E-state index in [1.54, 1.807) is 11.0 Å². The molecule has 29 heavy (non-hydrogen) atoms. The van der Waals surface area contributed by atoms with Gasteiger partial charge in [0.1, 0.15) is 5.82 Å². The lowest BCUT2D eigenvalue weighted by atomic mass is 9.98. The average Bonchev–Trinajstić information content (AvgIpc) is 2.73. The highest BCUT2D eigenvalue weighted by molar-refractivity contribution is 9.10. The van der Waals surface area contributed by atoms with Crippen LogP contribution in [0.5, 0.6) is 0 Å². The fourth-order valence-corrected chi connectivity index (χ4v) is 3.87. The predicted octanol–water partition coefficient (Wildman–Crippen LogP) is 5.43. The van der Waals surface area contributed by atoms with Crippen LogP contribution in [-0.2, 0) is 6.42 Å². The Morgan fingerprint density at radius 1 is 0.966 bits per heavy atom. The number of carbonyl (C=O) groups is 2. The summed E-state index contributed by atoms with van der Waals surface area (Å²) in [5.74, 6) is -0.744. The zero-order valence-corrected chi connectivity index (χ0v) is 17.1. The van der Waals surface area contributed by atoms with E-state index in [4.69, 9.17) is 0 Å². The smallest absolute Gasteiger partial charge is 0.258 e. The monoisotopic (exact) mass is 452 g/mol. The van der Waals surface area contributed by atoms with Crippen LogP contribution in [0.3, 0.4) is 0 Å². The molecule has 0 aliphatic carbocycles. The summed E-state index contributed by atoms with van der Waals surface area (Å²) in [6.07, 6.45) is 1.59. The number of hydrogen-bond acceptors (Lipinski definition) is 2. The van der Waals surface area contributed by atoms with Gasteiger partial charge in [-0.05, 0) is 79.1 Å². The van der Waals surface area contributed by atoms with Crippen LogP contribution in [0.2, 0.25) is 0 Å². The number of aryl methyl sites for hydroxylation is 1. The molecule has 1 N–H and O–H groups in total. The Hall–Kier alpha value is -2.99. The fraction of sp³-hybridized carbons (Fsp3) is 0.130. The van der Waals surface area contributed by atoms with Crippen LogP contribution < -0.4 is 10.2 Å². The molecule has 146 valence electrons. The lowest BCUT2D eigenvalue weighted by Crippen LogP contribution is -2.35. The van der Waals surface area contributed by atoms with E-state index in [-0.39, 0.29) is 17.6 Å². The molecule has 0 fully saturated rings. The Balaban J connectivity index is 1.57. The Kier molecular flexibility index (Phi) is 5.45. The number of carbonyl (C=O) groups excluding carboxylic acids is 2. The molecule has 0 saturated carbocycles. The number of amides is 2.